The Morgan fingerprint density at radius 1 is 1.30 bits per heavy atom. The molecular formula is C14H12FNO4. The second-order valence-electron chi connectivity index (χ2n) is 4.76. The molecule has 0 saturated carbocycles. The van der Waals surface area contributed by atoms with Gasteiger partial charge in [-0.3, -0.25) is 4.79 Å². The molecule has 1 unspecified atom stereocenters. The fraction of sp³-hybridized carbons (Fsp3) is 0.214. The van der Waals surface area contributed by atoms with Crippen LogP contribution in [0.15, 0.2) is 36.1 Å². The standard InChI is InChI=1S/C14H12FNO4/c1-14(13(19)20)6-8(12(17)18)2-4-10(14)9-3-5-11(15)16-7-9/h2-5,7H,6H2,1H3,(H,17,18)(H,19,20). The third kappa shape index (κ3) is 2.32. The van der Waals surface area contributed by atoms with Crippen LogP contribution in [0.25, 0.3) is 5.57 Å². The Morgan fingerprint density at radius 2 is 2.00 bits per heavy atom. The molecule has 0 saturated heterocycles. The molecule has 6 heteroatoms. The van der Waals surface area contributed by atoms with E-state index in [9.17, 15) is 19.1 Å². The summed E-state index contributed by atoms with van der Waals surface area (Å²) in [4.78, 5) is 26.0. The molecule has 0 bridgehead atoms. The van der Waals surface area contributed by atoms with Crippen molar-refractivity contribution in [2.24, 2.45) is 5.41 Å². The lowest BCUT2D eigenvalue weighted by Crippen LogP contribution is -2.32. The van der Waals surface area contributed by atoms with Crippen LogP contribution in [0.3, 0.4) is 0 Å². The Bertz CT molecular complexity index is 633. The number of halogens is 1. The highest BCUT2D eigenvalue weighted by molar-refractivity contribution is 5.97. The molecule has 20 heavy (non-hydrogen) atoms. The summed E-state index contributed by atoms with van der Waals surface area (Å²) in [5, 5.41) is 18.4. The molecule has 0 spiro atoms. The Labute approximate surface area is 114 Å². The Hall–Kier alpha value is -2.50. The van der Waals surface area contributed by atoms with E-state index >= 15 is 0 Å². The summed E-state index contributed by atoms with van der Waals surface area (Å²) in [6.07, 6.45) is 3.91. The lowest BCUT2D eigenvalue weighted by molar-refractivity contribution is -0.144. The van der Waals surface area contributed by atoms with Gasteiger partial charge in [-0.15, -0.1) is 0 Å². The van der Waals surface area contributed by atoms with Gasteiger partial charge in [-0.2, -0.15) is 4.39 Å². The van der Waals surface area contributed by atoms with Gasteiger partial charge in [0, 0.05) is 11.8 Å². The number of nitrogens with zero attached hydrogens (tertiary/aromatic N) is 1. The summed E-state index contributed by atoms with van der Waals surface area (Å²) in [7, 11) is 0. The smallest absolute Gasteiger partial charge is 0.331 e. The summed E-state index contributed by atoms with van der Waals surface area (Å²) >= 11 is 0. The lowest BCUT2D eigenvalue weighted by Gasteiger charge is -2.30. The molecule has 0 fully saturated rings. The van der Waals surface area contributed by atoms with Gasteiger partial charge in [-0.25, -0.2) is 9.78 Å². The average Bonchev–Trinajstić information content (AvgIpc) is 2.39. The minimum atomic E-state index is -1.39. The van der Waals surface area contributed by atoms with Gasteiger partial charge >= 0.3 is 11.9 Å². The van der Waals surface area contributed by atoms with E-state index in [1.807, 2.05) is 0 Å². The topological polar surface area (TPSA) is 87.5 Å². The number of aromatic nitrogens is 1. The second-order valence-corrected chi connectivity index (χ2v) is 4.76. The maximum Gasteiger partial charge on any atom is 0.331 e. The van der Waals surface area contributed by atoms with Crippen LogP contribution in [0.2, 0.25) is 0 Å². The van der Waals surface area contributed by atoms with Gasteiger partial charge < -0.3 is 10.2 Å². The molecule has 1 aliphatic carbocycles. The zero-order valence-electron chi connectivity index (χ0n) is 10.6. The molecule has 0 amide bonds. The van der Waals surface area contributed by atoms with E-state index in [1.54, 1.807) is 0 Å². The van der Waals surface area contributed by atoms with Crippen LogP contribution in [0.4, 0.5) is 4.39 Å². The second kappa shape index (κ2) is 4.88. The molecule has 1 atom stereocenters. The van der Waals surface area contributed by atoms with E-state index in [0.29, 0.717) is 11.1 Å². The molecule has 5 nitrogen and oxygen atoms in total. The molecule has 1 heterocycles. The molecule has 0 aliphatic heterocycles. The number of allylic oxidation sites excluding steroid dienone is 2. The van der Waals surface area contributed by atoms with Gasteiger partial charge in [0.25, 0.3) is 0 Å². The number of rotatable bonds is 3. The fourth-order valence-electron chi connectivity index (χ4n) is 2.19. The monoisotopic (exact) mass is 277 g/mol. The quantitative estimate of drug-likeness (QED) is 0.826. The number of aliphatic carboxylic acids is 2. The molecule has 104 valence electrons. The highest BCUT2D eigenvalue weighted by Crippen LogP contribution is 2.43. The van der Waals surface area contributed by atoms with Gasteiger partial charge in [0.15, 0.2) is 0 Å². The number of hydrogen-bond donors (Lipinski definition) is 2. The highest BCUT2D eigenvalue weighted by atomic mass is 19.1. The normalized spacial score (nSPS) is 21.9. The molecular weight excluding hydrogens is 265 g/mol. The van der Waals surface area contributed by atoms with Crippen LogP contribution in [0.1, 0.15) is 18.9 Å². The average molecular weight is 277 g/mol. The van der Waals surface area contributed by atoms with E-state index in [-0.39, 0.29) is 12.0 Å². The number of carboxylic acid groups (broad SMARTS) is 2. The molecule has 2 N–H and O–H groups in total. The third-order valence-electron chi connectivity index (χ3n) is 3.37. The van der Waals surface area contributed by atoms with Crippen molar-refractivity contribution in [2.75, 3.05) is 0 Å². The maximum absolute atomic E-state index is 12.8. The predicted molar refractivity (Wildman–Crippen MR) is 68.3 cm³/mol. The molecule has 0 radical (unpaired) electrons. The van der Waals surface area contributed by atoms with Crippen LogP contribution in [0, 0.1) is 11.4 Å². The van der Waals surface area contributed by atoms with Crippen molar-refractivity contribution >= 4 is 17.5 Å². The number of carbonyl (C=O) groups is 2. The van der Waals surface area contributed by atoms with Crippen LogP contribution in [-0.2, 0) is 9.59 Å². The first-order chi connectivity index (χ1) is 9.34. The van der Waals surface area contributed by atoms with Crippen LogP contribution >= 0.6 is 0 Å². The van der Waals surface area contributed by atoms with Crippen molar-refractivity contribution in [3.63, 3.8) is 0 Å². The van der Waals surface area contributed by atoms with Crippen molar-refractivity contribution in [3.8, 4) is 0 Å². The first kappa shape index (κ1) is 13.9. The van der Waals surface area contributed by atoms with Gasteiger partial charge in [-0.1, -0.05) is 12.2 Å². The summed E-state index contributed by atoms with van der Waals surface area (Å²) in [6, 6.07) is 2.56. The molecule has 1 aliphatic rings. The van der Waals surface area contributed by atoms with Crippen molar-refractivity contribution in [1.82, 2.24) is 4.98 Å². The zero-order valence-corrected chi connectivity index (χ0v) is 10.6. The summed E-state index contributed by atoms with van der Waals surface area (Å²) in [5.74, 6) is -2.95. The Balaban J connectivity index is 2.54. The Kier molecular flexibility index (Phi) is 3.40. The number of carboxylic acids is 2. The first-order valence-corrected chi connectivity index (χ1v) is 5.84. The first-order valence-electron chi connectivity index (χ1n) is 5.84. The minimum absolute atomic E-state index is 0.0220. The molecule has 0 aromatic carbocycles. The zero-order chi connectivity index (χ0) is 14.9. The number of pyridine rings is 1. The molecule has 2 rings (SSSR count). The van der Waals surface area contributed by atoms with E-state index in [4.69, 9.17) is 5.11 Å². The minimum Gasteiger partial charge on any atom is -0.481 e. The largest absolute Gasteiger partial charge is 0.481 e. The van der Waals surface area contributed by atoms with E-state index in [2.05, 4.69) is 4.98 Å². The van der Waals surface area contributed by atoms with Gasteiger partial charge in [0.1, 0.15) is 0 Å². The van der Waals surface area contributed by atoms with Crippen molar-refractivity contribution in [2.45, 2.75) is 13.3 Å². The van der Waals surface area contributed by atoms with Crippen molar-refractivity contribution < 1.29 is 24.2 Å². The predicted octanol–water partition coefficient (Wildman–Crippen LogP) is 2.11. The van der Waals surface area contributed by atoms with Gasteiger partial charge in [-0.05, 0) is 36.6 Å². The van der Waals surface area contributed by atoms with E-state index in [0.717, 1.165) is 6.07 Å². The summed E-state index contributed by atoms with van der Waals surface area (Å²) < 4.78 is 12.8. The molecule has 1 aromatic rings. The fourth-order valence-corrected chi connectivity index (χ4v) is 2.19. The van der Waals surface area contributed by atoms with E-state index in [1.165, 1.54) is 31.3 Å². The number of hydrogen-bond acceptors (Lipinski definition) is 3. The van der Waals surface area contributed by atoms with E-state index < -0.39 is 23.3 Å². The maximum atomic E-state index is 12.8. The van der Waals surface area contributed by atoms with Gasteiger partial charge in [0.05, 0.1) is 5.41 Å². The summed E-state index contributed by atoms with van der Waals surface area (Å²) in [6.45, 7) is 1.44. The third-order valence-corrected chi connectivity index (χ3v) is 3.37. The van der Waals surface area contributed by atoms with Crippen LogP contribution in [0.5, 0.6) is 0 Å². The lowest BCUT2D eigenvalue weighted by atomic mass is 9.71. The van der Waals surface area contributed by atoms with Gasteiger partial charge in [0.2, 0.25) is 5.95 Å². The van der Waals surface area contributed by atoms with Crippen LogP contribution < -0.4 is 0 Å². The molecule has 1 aromatic heterocycles. The SMILES string of the molecule is CC1(C(=O)O)CC(C(=O)O)=CC=C1c1ccc(F)nc1. The highest BCUT2D eigenvalue weighted by Gasteiger charge is 2.41. The Morgan fingerprint density at radius 3 is 2.50 bits per heavy atom. The summed E-state index contributed by atoms with van der Waals surface area (Å²) in [5.41, 5.74) is -0.504. The van der Waals surface area contributed by atoms with Crippen LogP contribution in [-0.4, -0.2) is 27.1 Å². The van der Waals surface area contributed by atoms with Crippen molar-refractivity contribution in [3.05, 3.63) is 47.6 Å². The van der Waals surface area contributed by atoms with Crippen molar-refractivity contribution in [1.29, 1.82) is 0 Å².